The number of ether oxygens (including phenoxy) is 1. The fraction of sp³-hybridized carbons (Fsp3) is 1.00. The number of rotatable bonds is 4. The molecule has 0 saturated carbocycles. The molecule has 3 rings (SSSR count). The summed E-state index contributed by atoms with van der Waals surface area (Å²) in [4.78, 5) is 5.08. The average molecular weight is 295 g/mol. The highest BCUT2D eigenvalue weighted by atomic mass is 16.5. The quantitative estimate of drug-likeness (QED) is 0.852. The summed E-state index contributed by atoms with van der Waals surface area (Å²) in [6.45, 7) is 9.56. The minimum Gasteiger partial charge on any atom is -0.377 e. The number of piperidine rings is 2. The maximum atomic E-state index is 5.79. The van der Waals surface area contributed by atoms with Gasteiger partial charge in [-0.15, -0.1) is 0 Å². The van der Waals surface area contributed by atoms with Crippen molar-refractivity contribution in [2.24, 2.45) is 5.92 Å². The fourth-order valence-electron chi connectivity index (χ4n) is 4.20. The predicted molar refractivity (Wildman–Crippen MR) is 86.6 cm³/mol. The Morgan fingerprint density at radius 2 is 1.90 bits per heavy atom. The van der Waals surface area contributed by atoms with E-state index < -0.39 is 0 Å². The zero-order chi connectivity index (χ0) is 14.7. The van der Waals surface area contributed by atoms with Crippen LogP contribution in [-0.4, -0.2) is 74.4 Å². The Balaban J connectivity index is 1.40. The lowest BCUT2D eigenvalue weighted by Gasteiger charge is -2.41. The van der Waals surface area contributed by atoms with Crippen LogP contribution in [0.4, 0.5) is 0 Å². The van der Waals surface area contributed by atoms with Gasteiger partial charge in [0.2, 0.25) is 0 Å². The smallest absolute Gasteiger partial charge is 0.0702 e. The van der Waals surface area contributed by atoms with E-state index in [9.17, 15) is 0 Å². The second-order valence-corrected chi connectivity index (χ2v) is 7.51. The molecule has 3 fully saturated rings. The normalized spacial score (nSPS) is 37.1. The van der Waals surface area contributed by atoms with E-state index in [1.807, 2.05) is 0 Å². The highest BCUT2D eigenvalue weighted by Crippen LogP contribution is 2.22. The molecule has 122 valence electrons. The van der Waals surface area contributed by atoms with E-state index in [1.165, 1.54) is 58.3 Å². The van der Waals surface area contributed by atoms with Crippen LogP contribution in [0, 0.1) is 5.92 Å². The van der Waals surface area contributed by atoms with Crippen LogP contribution in [0.5, 0.6) is 0 Å². The predicted octanol–water partition coefficient (Wildman–Crippen LogP) is 1.56. The zero-order valence-corrected chi connectivity index (χ0v) is 13.9. The molecule has 4 nitrogen and oxygen atoms in total. The van der Waals surface area contributed by atoms with Crippen LogP contribution < -0.4 is 5.32 Å². The molecular weight excluding hydrogens is 262 g/mol. The van der Waals surface area contributed by atoms with Gasteiger partial charge in [0.15, 0.2) is 0 Å². The van der Waals surface area contributed by atoms with E-state index in [2.05, 4.69) is 29.1 Å². The Bertz CT molecular complexity index is 311. The van der Waals surface area contributed by atoms with Gasteiger partial charge in [0, 0.05) is 31.8 Å². The lowest BCUT2D eigenvalue weighted by atomic mass is 9.91. The average Bonchev–Trinajstić information content (AvgIpc) is 2.97. The Hall–Kier alpha value is -0.160. The largest absolute Gasteiger partial charge is 0.377 e. The summed E-state index contributed by atoms with van der Waals surface area (Å²) in [6.07, 6.45) is 6.98. The van der Waals surface area contributed by atoms with Crippen molar-refractivity contribution in [1.82, 2.24) is 15.1 Å². The van der Waals surface area contributed by atoms with Crippen LogP contribution in [-0.2, 0) is 4.74 Å². The van der Waals surface area contributed by atoms with Gasteiger partial charge in [-0.05, 0) is 64.7 Å². The molecule has 3 aliphatic heterocycles. The number of nitrogens with zero attached hydrogens (tertiary/aromatic N) is 2. The van der Waals surface area contributed by atoms with Gasteiger partial charge in [-0.3, -0.25) is 0 Å². The van der Waals surface area contributed by atoms with E-state index in [4.69, 9.17) is 4.74 Å². The molecule has 0 bridgehead atoms. The van der Waals surface area contributed by atoms with Gasteiger partial charge in [-0.2, -0.15) is 0 Å². The molecule has 0 unspecified atom stereocenters. The first kappa shape index (κ1) is 15.7. The van der Waals surface area contributed by atoms with E-state index >= 15 is 0 Å². The molecule has 0 aromatic rings. The van der Waals surface area contributed by atoms with Crippen LogP contribution in [0.2, 0.25) is 0 Å². The SMILES string of the molecule is C[C@@H]1CN(C[C@H]2CCCO2)CC[C@H]1NC1CCN(C)CC1. The summed E-state index contributed by atoms with van der Waals surface area (Å²) in [5.74, 6) is 0.764. The Labute approximate surface area is 130 Å². The molecular formula is C17H33N3O. The van der Waals surface area contributed by atoms with Crippen LogP contribution in [0.15, 0.2) is 0 Å². The summed E-state index contributed by atoms with van der Waals surface area (Å²) < 4.78 is 5.79. The van der Waals surface area contributed by atoms with Crippen molar-refractivity contribution in [2.45, 2.75) is 57.2 Å². The molecule has 21 heavy (non-hydrogen) atoms. The molecule has 3 heterocycles. The molecule has 3 aliphatic rings. The van der Waals surface area contributed by atoms with Crippen molar-refractivity contribution in [3.8, 4) is 0 Å². The van der Waals surface area contributed by atoms with Crippen molar-refractivity contribution < 1.29 is 4.74 Å². The van der Waals surface area contributed by atoms with Gasteiger partial charge in [0.1, 0.15) is 0 Å². The minimum absolute atomic E-state index is 0.510. The first-order chi connectivity index (χ1) is 10.2. The first-order valence-electron chi connectivity index (χ1n) is 8.99. The Morgan fingerprint density at radius 1 is 1.10 bits per heavy atom. The standard InChI is InChI=1S/C17H33N3O/c1-14-12-20(13-16-4-3-11-21-16)10-7-17(14)18-15-5-8-19(2)9-6-15/h14-18H,3-13H2,1-2H3/t14-,16-,17-/m1/s1. The summed E-state index contributed by atoms with van der Waals surface area (Å²) in [6, 6.07) is 1.47. The van der Waals surface area contributed by atoms with Crippen LogP contribution in [0.25, 0.3) is 0 Å². The minimum atomic E-state index is 0.510. The summed E-state index contributed by atoms with van der Waals surface area (Å²) in [7, 11) is 2.24. The van der Waals surface area contributed by atoms with Crippen LogP contribution in [0.1, 0.15) is 39.0 Å². The van der Waals surface area contributed by atoms with Gasteiger partial charge >= 0.3 is 0 Å². The molecule has 3 atom stereocenters. The maximum absolute atomic E-state index is 5.79. The van der Waals surface area contributed by atoms with E-state index in [0.717, 1.165) is 31.2 Å². The fourth-order valence-corrected chi connectivity index (χ4v) is 4.20. The van der Waals surface area contributed by atoms with Gasteiger partial charge in [0.25, 0.3) is 0 Å². The van der Waals surface area contributed by atoms with Crippen LogP contribution in [0.3, 0.4) is 0 Å². The highest BCUT2D eigenvalue weighted by Gasteiger charge is 2.30. The van der Waals surface area contributed by atoms with Crippen LogP contribution >= 0.6 is 0 Å². The van der Waals surface area contributed by atoms with E-state index in [0.29, 0.717) is 6.10 Å². The second kappa shape index (κ2) is 7.40. The third-order valence-electron chi connectivity index (χ3n) is 5.64. The number of hydrogen-bond donors (Lipinski definition) is 1. The van der Waals surface area contributed by atoms with Crippen molar-refractivity contribution >= 4 is 0 Å². The van der Waals surface area contributed by atoms with Crippen molar-refractivity contribution in [2.75, 3.05) is 46.4 Å². The topological polar surface area (TPSA) is 27.7 Å². The van der Waals surface area contributed by atoms with Gasteiger partial charge in [-0.1, -0.05) is 6.92 Å². The number of hydrogen-bond acceptors (Lipinski definition) is 4. The van der Waals surface area contributed by atoms with Crippen molar-refractivity contribution in [1.29, 1.82) is 0 Å². The monoisotopic (exact) mass is 295 g/mol. The first-order valence-corrected chi connectivity index (χ1v) is 8.99. The summed E-state index contributed by atoms with van der Waals surface area (Å²) in [5, 5.41) is 3.96. The van der Waals surface area contributed by atoms with E-state index in [-0.39, 0.29) is 0 Å². The van der Waals surface area contributed by atoms with Gasteiger partial charge < -0.3 is 19.9 Å². The van der Waals surface area contributed by atoms with E-state index in [1.54, 1.807) is 0 Å². The molecule has 3 saturated heterocycles. The third kappa shape index (κ3) is 4.41. The molecule has 1 N–H and O–H groups in total. The van der Waals surface area contributed by atoms with Gasteiger partial charge in [-0.25, -0.2) is 0 Å². The van der Waals surface area contributed by atoms with Gasteiger partial charge in [0.05, 0.1) is 6.10 Å². The maximum Gasteiger partial charge on any atom is 0.0702 e. The number of likely N-dealkylation sites (tertiary alicyclic amines) is 2. The zero-order valence-electron chi connectivity index (χ0n) is 13.9. The third-order valence-corrected chi connectivity index (χ3v) is 5.64. The Kier molecular flexibility index (Phi) is 5.54. The lowest BCUT2D eigenvalue weighted by molar-refractivity contribution is 0.0488. The molecule has 0 aromatic carbocycles. The highest BCUT2D eigenvalue weighted by molar-refractivity contribution is 4.88. The second-order valence-electron chi connectivity index (χ2n) is 7.51. The molecule has 0 radical (unpaired) electrons. The van der Waals surface area contributed by atoms with Crippen molar-refractivity contribution in [3.63, 3.8) is 0 Å². The molecule has 4 heteroatoms. The molecule has 0 aromatic heterocycles. The summed E-state index contributed by atoms with van der Waals surface area (Å²) >= 11 is 0. The molecule has 0 spiro atoms. The lowest BCUT2D eigenvalue weighted by Crippen LogP contribution is -2.53. The molecule has 0 aliphatic carbocycles. The molecule has 0 amide bonds. The summed E-state index contributed by atoms with van der Waals surface area (Å²) in [5.41, 5.74) is 0. The Morgan fingerprint density at radius 3 is 2.57 bits per heavy atom. The number of nitrogens with one attached hydrogen (secondary N) is 1. The van der Waals surface area contributed by atoms with Crippen molar-refractivity contribution in [3.05, 3.63) is 0 Å².